The molecule has 0 aromatic rings. The largest absolute Gasteiger partial charge is 0.395 e. The third kappa shape index (κ3) is 4.96. The third-order valence-electron chi connectivity index (χ3n) is 5.31. The summed E-state index contributed by atoms with van der Waals surface area (Å²) < 4.78 is 0. The minimum absolute atomic E-state index is 0.0849. The standard InChI is InChI=1S/C17H32N2O2/c1-14(15-6-5-9-18-13-15)12-17(21)19(10-11-20)16-7-3-2-4-8-16/h14-16,18,20H,2-13H2,1H3. The van der Waals surface area contributed by atoms with Crippen molar-refractivity contribution in [1.29, 1.82) is 0 Å². The van der Waals surface area contributed by atoms with Crippen LogP contribution in [-0.4, -0.2) is 48.2 Å². The van der Waals surface area contributed by atoms with Gasteiger partial charge in [0.2, 0.25) is 5.91 Å². The Bertz CT molecular complexity index is 310. The molecule has 2 aliphatic rings. The van der Waals surface area contributed by atoms with Gasteiger partial charge in [-0.05, 0) is 50.6 Å². The summed E-state index contributed by atoms with van der Waals surface area (Å²) in [4.78, 5) is 14.7. The normalized spacial score (nSPS) is 25.5. The maximum atomic E-state index is 12.7. The summed E-state index contributed by atoms with van der Waals surface area (Å²) in [5, 5.41) is 12.7. The van der Waals surface area contributed by atoms with E-state index in [9.17, 15) is 9.90 Å². The summed E-state index contributed by atoms with van der Waals surface area (Å²) in [5.74, 6) is 1.33. The van der Waals surface area contributed by atoms with Crippen LogP contribution in [0.3, 0.4) is 0 Å². The Morgan fingerprint density at radius 3 is 2.62 bits per heavy atom. The zero-order valence-electron chi connectivity index (χ0n) is 13.5. The quantitative estimate of drug-likeness (QED) is 0.790. The van der Waals surface area contributed by atoms with E-state index in [4.69, 9.17) is 0 Å². The van der Waals surface area contributed by atoms with Crippen LogP contribution in [0.1, 0.15) is 58.3 Å². The Morgan fingerprint density at radius 2 is 2.00 bits per heavy atom. The Morgan fingerprint density at radius 1 is 1.24 bits per heavy atom. The molecule has 0 radical (unpaired) electrons. The van der Waals surface area contributed by atoms with Crippen LogP contribution in [0.25, 0.3) is 0 Å². The minimum atomic E-state index is 0.0849. The van der Waals surface area contributed by atoms with Gasteiger partial charge in [-0.25, -0.2) is 0 Å². The Balaban J connectivity index is 1.87. The van der Waals surface area contributed by atoms with Gasteiger partial charge in [0.05, 0.1) is 6.61 Å². The molecule has 2 unspecified atom stereocenters. The van der Waals surface area contributed by atoms with Gasteiger partial charge in [0.15, 0.2) is 0 Å². The lowest BCUT2D eigenvalue weighted by Crippen LogP contribution is -2.44. The second-order valence-corrected chi connectivity index (χ2v) is 6.89. The number of carbonyl (C=O) groups is 1. The summed E-state index contributed by atoms with van der Waals surface area (Å²) in [7, 11) is 0. The Kier molecular flexibility index (Phi) is 6.97. The van der Waals surface area contributed by atoms with Crippen molar-refractivity contribution in [3.05, 3.63) is 0 Å². The number of aliphatic hydroxyl groups is 1. The molecule has 0 bridgehead atoms. The van der Waals surface area contributed by atoms with E-state index in [1.54, 1.807) is 0 Å². The lowest BCUT2D eigenvalue weighted by molar-refractivity contribution is -0.136. The first-order valence-corrected chi connectivity index (χ1v) is 8.83. The van der Waals surface area contributed by atoms with Crippen molar-refractivity contribution in [3.63, 3.8) is 0 Å². The number of rotatable bonds is 6. The van der Waals surface area contributed by atoms with Crippen molar-refractivity contribution in [1.82, 2.24) is 10.2 Å². The second kappa shape index (κ2) is 8.74. The summed E-state index contributed by atoms with van der Waals surface area (Å²) in [6.07, 6.45) is 9.09. The van der Waals surface area contributed by atoms with Crippen LogP contribution >= 0.6 is 0 Å². The molecule has 1 aliphatic carbocycles. The Labute approximate surface area is 129 Å². The number of nitrogens with one attached hydrogen (secondary N) is 1. The van der Waals surface area contributed by atoms with Crippen molar-refractivity contribution in [2.45, 2.75) is 64.3 Å². The van der Waals surface area contributed by atoms with Gasteiger partial charge in [-0.15, -0.1) is 0 Å². The molecular weight excluding hydrogens is 264 g/mol. The summed E-state index contributed by atoms with van der Waals surface area (Å²) in [6, 6.07) is 0.370. The first-order chi connectivity index (χ1) is 10.2. The van der Waals surface area contributed by atoms with Crippen molar-refractivity contribution in [2.75, 3.05) is 26.2 Å². The van der Waals surface area contributed by atoms with Gasteiger partial charge in [-0.2, -0.15) is 0 Å². The van der Waals surface area contributed by atoms with Crippen LogP contribution in [0.4, 0.5) is 0 Å². The number of hydrogen-bond acceptors (Lipinski definition) is 3. The molecule has 21 heavy (non-hydrogen) atoms. The van der Waals surface area contributed by atoms with Crippen LogP contribution in [0.15, 0.2) is 0 Å². The molecule has 4 nitrogen and oxygen atoms in total. The van der Waals surface area contributed by atoms with E-state index in [2.05, 4.69) is 12.2 Å². The van der Waals surface area contributed by atoms with E-state index >= 15 is 0 Å². The van der Waals surface area contributed by atoms with Gasteiger partial charge in [0.25, 0.3) is 0 Å². The fourth-order valence-electron chi connectivity index (χ4n) is 3.94. The molecular formula is C17H32N2O2. The highest BCUT2D eigenvalue weighted by molar-refractivity contribution is 5.76. The van der Waals surface area contributed by atoms with E-state index in [-0.39, 0.29) is 12.5 Å². The molecule has 2 fully saturated rings. The molecule has 2 rings (SSSR count). The van der Waals surface area contributed by atoms with Gasteiger partial charge < -0.3 is 15.3 Å². The fourth-order valence-corrected chi connectivity index (χ4v) is 3.94. The number of piperidine rings is 1. The van der Waals surface area contributed by atoms with E-state index < -0.39 is 0 Å². The lowest BCUT2D eigenvalue weighted by atomic mass is 9.84. The molecule has 2 N–H and O–H groups in total. The molecule has 1 amide bonds. The van der Waals surface area contributed by atoms with E-state index in [1.807, 2.05) is 4.90 Å². The van der Waals surface area contributed by atoms with Gasteiger partial charge in [0.1, 0.15) is 0 Å². The smallest absolute Gasteiger partial charge is 0.223 e. The number of aliphatic hydroxyl groups excluding tert-OH is 1. The van der Waals surface area contributed by atoms with Gasteiger partial charge >= 0.3 is 0 Å². The molecule has 2 atom stereocenters. The second-order valence-electron chi connectivity index (χ2n) is 6.89. The van der Waals surface area contributed by atoms with Crippen LogP contribution < -0.4 is 5.32 Å². The first-order valence-electron chi connectivity index (χ1n) is 8.83. The number of amides is 1. The van der Waals surface area contributed by atoms with Crippen LogP contribution in [0, 0.1) is 11.8 Å². The topological polar surface area (TPSA) is 52.6 Å². The van der Waals surface area contributed by atoms with E-state index in [0.717, 1.165) is 25.9 Å². The first kappa shape index (κ1) is 16.8. The predicted molar refractivity (Wildman–Crippen MR) is 85.0 cm³/mol. The zero-order valence-corrected chi connectivity index (χ0v) is 13.5. The van der Waals surface area contributed by atoms with Crippen LogP contribution in [0.5, 0.6) is 0 Å². The minimum Gasteiger partial charge on any atom is -0.395 e. The fraction of sp³-hybridized carbons (Fsp3) is 0.941. The molecule has 1 heterocycles. The van der Waals surface area contributed by atoms with Gasteiger partial charge in [-0.3, -0.25) is 4.79 Å². The molecule has 1 aliphatic heterocycles. The lowest BCUT2D eigenvalue weighted by Gasteiger charge is -2.36. The number of hydrogen-bond donors (Lipinski definition) is 2. The van der Waals surface area contributed by atoms with Crippen molar-refractivity contribution >= 4 is 5.91 Å². The Hall–Kier alpha value is -0.610. The zero-order chi connectivity index (χ0) is 15.1. The SMILES string of the molecule is CC(CC(=O)N(CCO)C1CCCCC1)C1CCCNC1. The highest BCUT2D eigenvalue weighted by Gasteiger charge is 2.28. The van der Waals surface area contributed by atoms with Crippen molar-refractivity contribution < 1.29 is 9.90 Å². The molecule has 0 spiro atoms. The van der Waals surface area contributed by atoms with Crippen molar-refractivity contribution in [2.24, 2.45) is 11.8 Å². The van der Waals surface area contributed by atoms with Crippen LogP contribution in [-0.2, 0) is 4.79 Å². The molecule has 122 valence electrons. The maximum Gasteiger partial charge on any atom is 0.223 e. The van der Waals surface area contributed by atoms with Crippen molar-refractivity contribution in [3.8, 4) is 0 Å². The summed E-state index contributed by atoms with van der Waals surface area (Å²) in [5.41, 5.74) is 0. The molecule has 1 saturated heterocycles. The average Bonchev–Trinajstić information content (AvgIpc) is 2.54. The summed E-state index contributed by atoms with van der Waals surface area (Å²) >= 11 is 0. The van der Waals surface area contributed by atoms with Crippen LogP contribution in [0.2, 0.25) is 0 Å². The third-order valence-corrected chi connectivity index (χ3v) is 5.31. The molecule has 0 aromatic carbocycles. The number of nitrogens with zero attached hydrogens (tertiary/aromatic N) is 1. The highest BCUT2D eigenvalue weighted by atomic mass is 16.3. The number of carbonyl (C=O) groups excluding carboxylic acids is 1. The van der Waals surface area contributed by atoms with E-state index in [1.165, 1.54) is 32.1 Å². The molecule has 0 aromatic heterocycles. The van der Waals surface area contributed by atoms with E-state index in [0.29, 0.717) is 30.8 Å². The average molecular weight is 296 g/mol. The monoisotopic (exact) mass is 296 g/mol. The molecule has 1 saturated carbocycles. The predicted octanol–water partition coefficient (Wildman–Crippen LogP) is 2.17. The summed E-state index contributed by atoms with van der Waals surface area (Å²) in [6.45, 7) is 4.99. The van der Waals surface area contributed by atoms with Gasteiger partial charge in [0, 0.05) is 19.0 Å². The maximum absolute atomic E-state index is 12.7. The highest BCUT2D eigenvalue weighted by Crippen LogP contribution is 2.26. The van der Waals surface area contributed by atoms with Gasteiger partial charge in [-0.1, -0.05) is 26.2 Å². The molecule has 4 heteroatoms.